The summed E-state index contributed by atoms with van der Waals surface area (Å²) in [5, 5.41) is 3.92. The van der Waals surface area contributed by atoms with Gasteiger partial charge in [0.2, 0.25) is 5.95 Å². The molecular formula is C23H22ClN5O3. The van der Waals surface area contributed by atoms with Crippen LogP contribution in [0.2, 0.25) is 5.02 Å². The van der Waals surface area contributed by atoms with E-state index in [2.05, 4.69) is 10.2 Å². The van der Waals surface area contributed by atoms with Crippen molar-refractivity contribution in [3.63, 3.8) is 0 Å². The minimum Gasteiger partial charge on any atom is -0.459 e. The minimum absolute atomic E-state index is 0.0585. The number of rotatable bonds is 4. The van der Waals surface area contributed by atoms with Crippen LogP contribution >= 0.6 is 11.6 Å². The van der Waals surface area contributed by atoms with Crippen molar-refractivity contribution in [1.29, 1.82) is 0 Å². The Hall–Kier alpha value is -3.39. The number of benzene rings is 1. The molecule has 1 aromatic carbocycles. The first-order chi connectivity index (χ1) is 15.6. The molecule has 1 N–H and O–H groups in total. The number of hydrogen-bond donors (Lipinski definition) is 1. The molecule has 1 saturated heterocycles. The number of nitrogens with one attached hydrogen (secondary N) is 1. The first-order valence-corrected chi connectivity index (χ1v) is 11.0. The van der Waals surface area contributed by atoms with Gasteiger partial charge in [-0.1, -0.05) is 11.6 Å². The molecule has 0 atom stereocenters. The predicted octanol–water partition coefficient (Wildman–Crippen LogP) is 3.95. The fourth-order valence-corrected chi connectivity index (χ4v) is 4.20. The highest BCUT2D eigenvalue weighted by atomic mass is 35.5. The van der Waals surface area contributed by atoms with Crippen LogP contribution in [0.15, 0.2) is 47.1 Å². The van der Waals surface area contributed by atoms with Crippen molar-refractivity contribution in [2.24, 2.45) is 0 Å². The second kappa shape index (κ2) is 8.63. The van der Waals surface area contributed by atoms with Gasteiger partial charge in [0.1, 0.15) is 5.82 Å². The van der Waals surface area contributed by atoms with Gasteiger partial charge < -0.3 is 19.5 Å². The highest BCUT2D eigenvalue weighted by Gasteiger charge is 2.29. The average molecular weight is 452 g/mol. The molecule has 0 saturated carbocycles. The van der Waals surface area contributed by atoms with Crippen LogP contribution in [-0.4, -0.2) is 52.7 Å². The summed E-state index contributed by atoms with van der Waals surface area (Å²) in [7, 11) is 0. The number of carbonyl (C=O) groups excluding carboxylic acids is 2. The summed E-state index contributed by atoms with van der Waals surface area (Å²) < 4.78 is 5.23. The van der Waals surface area contributed by atoms with Gasteiger partial charge >= 0.3 is 0 Å². The van der Waals surface area contributed by atoms with Crippen LogP contribution in [0, 0.1) is 0 Å². The van der Waals surface area contributed by atoms with E-state index in [1.54, 1.807) is 29.2 Å². The Balaban J connectivity index is 1.39. The number of amides is 1. The van der Waals surface area contributed by atoms with E-state index in [0.29, 0.717) is 60.7 Å². The summed E-state index contributed by atoms with van der Waals surface area (Å²) in [5.41, 5.74) is 2.15. The van der Waals surface area contributed by atoms with Crippen LogP contribution in [0.1, 0.15) is 39.4 Å². The fourth-order valence-electron chi connectivity index (χ4n) is 4.08. The van der Waals surface area contributed by atoms with Crippen LogP contribution < -0.4 is 10.2 Å². The maximum Gasteiger partial charge on any atom is 0.289 e. The summed E-state index contributed by atoms with van der Waals surface area (Å²) in [6.45, 7) is 2.27. The molecule has 5 rings (SSSR count). The highest BCUT2D eigenvalue weighted by Crippen LogP contribution is 2.30. The van der Waals surface area contributed by atoms with Crippen molar-refractivity contribution < 1.29 is 14.0 Å². The molecule has 0 unspecified atom stereocenters. The zero-order valence-corrected chi connectivity index (χ0v) is 18.1. The monoisotopic (exact) mass is 451 g/mol. The van der Waals surface area contributed by atoms with Gasteiger partial charge in [0, 0.05) is 43.3 Å². The summed E-state index contributed by atoms with van der Waals surface area (Å²) >= 11 is 6.00. The number of anilines is 3. The van der Waals surface area contributed by atoms with Gasteiger partial charge in [0.15, 0.2) is 11.5 Å². The number of aryl methyl sites for hydroxylation is 1. The van der Waals surface area contributed by atoms with E-state index >= 15 is 0 Å². The Kier molecular flexibility index (Phi) is 5.53. The summed E-state index contributed by atoms with van der Waals surface area (Å²) in [6, 6.07) is 10.7. The normalized spacial score (nSPS) is 16.1. The quantitative estimate of drug-likeness (QED) is 0.642. The van der Waals surface area contributed by atoms with E-state index in [-0.39, 0.29) is 11.7 Å². The van der Waals surface area contributed by atoms with Crippen molar-refractivity contribution in [3.05, 3.63) is 64.7 Å². The Morgan fingerprint density at radius 1 is 1.03 bits per heavy atom. The van der Waals surface area contributed by atoms with Gasteiger partial charge in [0.05, 0.1) is 17.5 Å². The highest BCUT2D eigenvalue weighted by molar-refractivity contribution is 6.30. The zero-order chi connectivity index (χ0) is 22.1. The van der Waals surface area contributed by atoms with Gasteiger partial charge in [-0.25, -0.2) is 4.98 Å². The summed E-state index contributed by atoms with van der Waals surface area (Å²) in [4.78, 5) is 38.5. The van der Waals surface area contributed by atoms with Crippen LogP contribution in [0.25, 0.3) is 0 Å². The average Bonchev–Trinajstić information content (AvgIpc) is 3.35. The van der Waals surface area contributed by atoms with Gasteiger partial charge in [-0.15, -0.1) is 0 Å². The maximum atomic E-state index is 12.7. The van der Waals surface area contributed by atoms with Gasteiger partial charge in [-0.3, -0.25) is 9.59 Å². The number of piperazine rings is 1. The topological polar surface area (TPSA) is 91.6 Å². The maximum absolute atomic E-state index is 12.7. The second-order valence-electron chi connectivity index (χ2n) is 7.86. The molecule has 8 nitrogen and oxygen atoms in total. The molecule has 0 spiro atoms. The molecule has 1 aliphatic heterocycles. The van der Waals surface area contributed by atoms with Crippen LogP contribution in [-0.2, 0) is 6.42 Å². The molecule has 32 heavy (non-hydrogen) atoms. The lowest BCUT2D eigenvalue weighted by atomic mass is 9.95. The Morgan fingerprint density at radius 3 is 2.53 bits per heavy atom. The van der Waals surface area contributed by atoms with Gasteiger partial charge in [-0.2, -0.15) is 4.98 Å². The number of aromatic nitrogens is 2. The molecule has 0 radical (unpaired) electrons. The summed E-state index contributed by atoms with van der Waals surface area (Å²) in [5.74, 6) is 1.38. The number of furan rings is 1. The van der Waals surface area contributed by atoms with E-state index in [4.69, 9.17) is 26.0 Å². The zero-order valence-electron chi connectivity index (χ0n) is 17.4. The van der Waals surface area contributed by atoms with Gasteiger partial charge in [0.25, 0.3) is 5.91 Å². The Labute approximate surface area is 190 Å². The number of hydrogen-bond acceptors (Lipinski definition) is 7. The molecular weight excluding hydrogens is 430 g/mol. The van der Waals surface area contributed by atoms with Crippen molar-refractivity contribution in [2.75, 3.05) is 36.4 Å². The predicted molar refractivity (Wildman–Crippen MR) is 121 cm³/mol. The molecule has 3 aromatic rings. The lowest BCUT2D eigenvalue weighted by molar-refractivity contribution is 0.0714. The van der Waals surface area contributed by atoms with E-state index in [1.807, 2.05) is 12.1 Å². The third kappa shape index (κ3) is 4.05. The Bertz CT molecular complexity index is 1140. The van der Waals surface area contributed by atoms with E-state index in [9.17, 15) is 9.59 Å². The lowest BCUT2D eigenvalue weighted by Gasteiger charge is -2.35. The molecule has 3 heterocycles. The third-order valence-electron chi connectivity index (χ3n) is 5.76. The molecule has 0 bridgehead atoms. The van der Waals surface area contributed by atoms with Crippen molar-refractivity contribution in [2.45, 2.75) is 19.3 Å². The third-order valence-corrected chi connectivity index (χ3v) is 6.01. The van der Waals surface area contributed by atoms with Crippen LogP contribution in [0.3, 0.4) is 0 Å². The van der Waals surface area contributed by atoms with E-state index in [0.717, 1.165) is 24.2 Å². The van der Waals surface area contributed by atoms with E-state index < -0.39 is 0 Å². The molecule has 1 aliphatic carbocycles. The lowest BCUT2D eigenvalue weighted by Crippen LogP contribution is -2.49. The summed E-state index contributed by atoms with van der Waals surface area (Å²) in [6.07, 6.45) is 3.52. The van der Waals surface area contributed by atoms with Crippen LogP contribution in [0.4, 0.5) is 17.5 Å². The first kappa shape index (κ1) is 20.5. The number of Topliss-reactive ketones (excluding diaryl/α,β-unsaturated/α-hetero) is 1. The molecule has 2 aliphatic rings. The molecule has 164 valence electrons. The number of ketones is 1. The second-order valence-corrected chi connectivity index (χ2v) is 8.30. The molecule has 2 aromatic heterocycles. The largest absolute Gasteiger partial charge is 0.459 e. The number of halogens is 1. The van der Waals surface area contributed by atoms with Crippen molar-refractivity contribution in [3.8, 4) is 0 Å². The van der Waals surface area contributed by atoms with Crippen molar-refractivity contribution in [1.82, 2.24) is 14.9 Å². The minimum atomic E-state index is -0.114. The smallest absolute Gasteiger partial charge is 0.289 e. The first-order valence-electron chi connectivity index (χ1n) is 10.6. The van der Waals surface area contributed by atoms with Crippen LogP contribution in [0.5, 0.6) is 0 Å². The van der Waals surface area contributed by atoms with Crippen molar-refractivity contribution >= 4 is 40.7 Å². The molecule has 1 amide bonds. The van der Waals surface area contributed by atoms with E-state index in [1.165, 1.54) is 6.26 Å². The SMILES string of the molecule is O=C1CCCc2nc(N3CCN(C(=O)c4ccco4)CC3)nc(Nc3ccc(Cl)cc3)c21. The number of carbonyl (C=O) groups is 2. The number of nitrogens with zero attached hydrogens (tertiary/aromatic N) is 4. The molecule has 9 heteroatoms. The molecule has 1 fully saturated rings. The fraction of sp³-hybridized carbons (Fsp3) is 0.304. The Morgan fingerprint density at radius 2 is 1.81 bits per heavy atom. The van der Waals surface area contributed by atoms with Gasteiger partial charge in [-0.05, 0) is 49.2 Å². The standard InChI is InChI=1S/C23H22ClN5O3/c24-15-6-8-16(9-7-15)25-21-20-17(3-1-4-18(20)30)26-23(27-21)29-12-10-28(11-13-29)22(31)19-5-2-14-32-19/h2,5-9,14H,1,3-4,10-13H2,(H,25,26,27). The number of fused-ring (bicyclic) bond motifs is 1.